The van der Waals surface area contributed by atoms with Gasteiger partial charge in [-0.2, -0.15) is 0 Å². The van der Waals surface area contributed by atoms with Gasteiger partial charge in [-0.25, -0.2) is 4.99 Å². The van der Waals surface area contributed by atoms with Gasteiger partial charge < -0.3 is 0 Å². The maximum absolute atomic E-state index is 10.3. The van der Waals surface area contributed by atoms with E-state index in [4.69, 9.17) is 0 Å². The Morgan fingerprint density at radius 2 is 2.57 bits per heavy atom. The van der Waals surface area contributed by atoms with E-state index in [1.54, 1.807) is 12.3 Å². The lowest BCUT2D eigenvalue weighted by molar-refractivity contribution is -0.367. The molecule has 0 fully saturated rings. The van der Waals surface area contributed by atoms with E-state index in [-0.39, 0.29) is 5.78 Å². The Kier molecular flexibility index (Phi) is 1.02. The molecule has 0 aromatic rings. The van der Waals surface area contributed by atoms with Crippen LogP contribution in [0.25, 0.3) is 0 Å². The van der Waals surface area contributed by atoms with Crippen LogP contribution >= 0.6 is 0 Å². The second-order valence-corrected chi connectivity index (χ2v) is 1.38. The average molecular weight is 96.1 g/mol. The zero-order chi connectivity index (χ0) is 5.11. The monoisotopic (exact) mass is 96.0 g/mol. The summed E-state index contributed by atoms with van der Waals surface area (Å²) in [6.45, 7) is 0. The predicted octanol–water partition coefficient (Wildman–Crippen LogP) is -1.38. The Morgan fingerprint density at radius 1 is 1.71 bits per heavy atom. The third-order valence-electron chi connectivity index (χ3n) is 0.777. The molecule has 0 aromatic heterocycles. The smallest absolute Gasteiger partial charge is 0.222 e. The molecule has 0 spiro atoms. The molecule has 1 aliphatic heterocycles. The minimum Gasteiger partial charge on any atom is -0.288 e. The SMILES string of the molecule is O=C1C=[NH+]C=CC1. The van der Waals surface area contributed by atoms with Crippen molar-refractivity contribution in [1.82, 2.24) is 0 Å². The van der Waals surface area contributed by atoms with E-state index < -0.39 is 0 Å². The minimum absolute atomic E-state index is 0.141. The maximum atomic E-state index is 10.3. The molecule has 1 aliphatic rings. The first kappa shape index (κ1) is 4.24. The number of allylic oxidation sites excluding steroid dienone is 1. The topological polar surface area (TPSA) is 31.0 Å². The predicted molar refractivity (Wildman–Crippen MR) is 25.8 cm³/mol. The van der Waals surface area contributed by atoms with Gasteiger partial charge in [0.15, 0.2) is 6.20 Å². The van der Waals surface area contributed by atoms with E-state index in [9.17, 15) is 4.79 Å². The van der Waals surface area contributed by atoms with Gasteiger partial charge in [0, 0.05) is 6.42 Å². The molecule has 0 amide bonds. The highest BCUT2D eigenvalue weighted by Gasteiger charge is 1.99. The molecule has 0 unspecified atom stereocenters. The molecule has 0 aliphatic carbocycles. The lowest BCUT2D eigenvalue weighted by Gasteiger charge is -1.82. The molecule has 36 valence electrons. The molecule has 1 N–H and O–H groups in total. The van der Waals surface area contributed by atoms with Crippen molar-refractivity contribution in [3.63, 3.8) is 0 Å². The number of ketones is 1. The zero-order valence-corrected chi connectivity index (χ0v) is 3.85. The average Bonchev–Trinajstić information content (AvgIpc) is 1.69. The molecule has 0 saturated carbocycles. The van der Waals surface area contributed by atoms with E-state index >= 15 is 0 Å². The summed E-state index contributed by atoms with van der Waals surface area (Å²) >= 11 is 0. The van der Waals surface area contributed by atoms with Gasteiger partial charge in [0.05, 0.1) is 0 Å². The molecule has 1 rings (SSSR count). The minimum atomic E-state index is 0.141. The summed E-state index contributed by atoms with van der Waals surface area (Å²) in [5.74, 6) is 0.141. The molecule has 0 radical (unpaired) electrons. The van der Waals surface area contributed by atoms with Crippen LogP contribution in [0.15, 0.2) is 12.3 Å². The van der Waals surface area contributed by atoms with Crippen molar-refractivity contribution in [2.75, 3.05) is 0 Å². The maximum Gasteiger partial charge on any atom is 0.222 e. The van der Waals surface area contributed by atoms with Crippen molar-refractivity contribution in [2.24, 2.45) is 0 Å². The fraction of sp³-hybridized carbons (Fsp3) is 0.200. The molecule has 1 heterocycles. The Bertz CT molecular complexity index is 135. The highest BCUT2D eigenvalue weighted by molar-refractivity contribution is 6.25. The number of carbonyl (C=O) groups excluding carboxylic acids is 1. The van der Waals surface area contributed by atoms with Crippen molar-refractivity contribution >= 4 is 12.0 Å². The van der Waals surface area contributed by atoms with Crippen LogP contribution in [0, 0.1) is 0 Å². The van der Waals surface area contributed by atoms with Gasteiger partial charge >= 0.3 is 0 Å². The van der Waals surface area contributed by atoms with E-state index in [1.165, 1.54) is 6.21 Å². The van der Waals surface area contributed by atoms with E-state index in [2.05, 4.69) is 4.99 Å². The first-order valence-corrected chi connectivity index (χ1v) is 2.17. The molecular formula is C5H6NO+. The molecule has 0 saturated heterocycles. The fourth-order valence-electron chi connectivity index (χ4n) is 0.443. The largest absolute Gasteiger partial charge is 0.288 e. The number of rotatable bonds is 0. The van der Waals surface area contributed by atoms with Crippen molar-refractivity contribution in [3.05, 3.63) is 12.3 Å². The lowest BCUT2D eigenvalue weighted by atomic mass is 10.3. The third-order valence-corrected chi connectivity index (χ3v) is 0.777. The quantitative estimate of drug-likeness (QED) is 0.396. The molecule has 0 bridgehead atoms. The second-order valence-electron chi connectivity index (χ2n) is 1.38. The van der Waals surface area contributed by atoms with Crippen molar-refractivity contribution in [2.45, 2.75) is 6.42 Å². The molecular weight excluding hydrogens is 90.1 g/mol. The van der Waals surface area contributed by atoms with Crippen molar-refractivity contribution in [1.29, 1.82) is 0 Å². The highest BCUT2D eigenvalue weighted by Crippen LogP contribution is 1.79. The van der Waals surface area contributed by atoms with Crippen LogP contribution in [0.2, 0.25) is 0 Å². The van der Waals surface area contributed by atoms with E-state index in [0.717, 1.165) is 0 Å². The molecule has 7 heavy (non-hydrogen) atoms. The standard InChI is InChI=1S/C5H5NO/c7-5-2-1-3-6-4-5/h1,3-4H,2H2/p+1. The highest BCUT2D eigenvalue weighted by atomic mass is 16.1. The van der Waals surface area contributed by atoms with Gasteiger partial charge in [-0.15, -0.1) is 0 Å². The molecule has 0 aromatic carbocycles. The van der Waals surface area contributed by atoms with Crippen LogP contribution in [0.4, 0.5) is 0 Å². The summed E-state index contributed by atoms with van der Waals surface area (Å²) < 4.78 is 0. The molecule has 0 atom stereocenters. The third kappa shape index (κ3) is 0.961. The Morgan fingerprint density at radius 3 is 2.86 bits per heavy atom. The summed E-state index contributed by atoms with van der Waals surface area (Å²) in [6, 6.07) is 0. The van der Waals surface area contributed by atoms with Crippen LogP contribution < -0.4 is 4.99 Å². The number of carbonyl (C=O) groups is 1. The fourth-order valence-corrected chi connectivity index (χ4v) is 0.443. The van der Waals surface area contributed by atoms with Crippen LogP contribution in [0.5, 0.6) is 0 Å². The summed E-state index contributed by atoms with van der Waals surface area (Å²) in [7, 11) is 0. The summed E-state index contributed by atoms with van der Waals surface area (Å²) in [4.78, 5) is 13.0. The zero-order valence-electron chi connectivity index (χ0n) is 3.85. The van der Waals surface area contributed by atoms with Gasteiger partial charge in [0.1, 0.15) is 0 Å². The molecule has 2 heteroatoms. The van der Waals surface area contributed by atoms with Crippen molar-refractivity contribution in [3.8, 4) is 0 Å². The van der Waals surface area contributed by atoms with Crippen LogP contribution in [0.1, 0.15) is 6.42 Å². The first-order chi connectivity index (χ1) is 3.39. The Labute approximate surface area is 41.6 Å². The van der Waals surface area contributed by atoms with Gasteiger partial charge in [0.25, 0.3) is 0 Å². The Balaban J connectivity index is 2.66. The second kappa shape index (κ2) is 1.69. The van der Waals surface area contributed by atoms with Gasteiger partial charge in [-0.1, -0.05) is 0 Å². The first-order valence-electron chi connectivity index (χ1n) is 2.17. The lowest BCUT2D eigenvalue weighted by Crippen LogP contribution is -2.64. The van der Waals surface area contributed by atoms with Crippen LogP contribution in [-0.4, -0.2) is 12.0 Å². The number of hydrogen-bond acceptors (Lipinski definition) is 1. The van der Waals surface area contributed by atoms with Crippen molar-refractivity contribution < 1.29 is 9.79 Å². The van der Waals surface area contributed by atoms with Gasteiger partial charge in [0.2, 0.25) is 12.0 Å². The van der Waals surface area contributed by atoms with E-state index in [0.29, 0.717) is 6.42 Å². The number of hydrogen-bond donors (Lipinski definition) is 1. The normalized spacial score (nSPS) is 18.0. The van der Waals surface area contributed by atoms with Gasteiger partial charge in [-0.3, -0.25) is 4.79 Å². The molecule has 2 nitrogen and oxygen atoms in total. The van der Waals surface area contributed by atoms with Crippen LogP contribution in [0.3, 0.4) is 0 Å². The number of Topliss-reactive ketones (excluding diaryl/α,β-unsaturated/α-hetero) is 1. The Hall–Kier alpha value is -0.920. The summed E-state index contributed by atoms with van der Waals surface area (Å²) in [5, 5.41) is 0. The van der Waals surface area contributed by atoms with Gasteiger partial charge in [-0.05, 0) is 6.08 Å². The summed E-state index contributed by atoms with van der Waals surface area (Å²) in [6.07, 6.45) is 5.55. The van der Waals surface area contributed by atoms with Crippen LogP contribution in [-0.2, 0) is 4.79 Å². The van der Waals surface area contributed by atoms with E-state index in [1.807, 2.05) is 0 Å². The number of nitrogens with one attached hydrogen (secondary N) is 1. The summed E-state index contributed by atoms with van der Waals surface area (Å²) in [5.41, 5.74) is 0.